The predicted octanol–water partition coefficient (Wildman–Crippen LogP) is 8.81. The van der Waals surface area contributed by atoms with E-state index in [1.54, 1.807) is 0 Å². The van der Waals surface area contributed by atoms with Gasteiger partial charge in [0.05, 0.1) is 23.4 Å². The van der Waals surface area contributed by atoms with Crippen molar-refractivity contribution < 1.29 is 19.1 Å². The van der Waals surface area contributed by atoms with Crippen LogP contribution in [0.2, 0.25) is 0 Å². The maximum atomic E-state index is 14.0. The Balaban J connectivity index is 1.41. The molecular weight excluding hydrogens is 667 g/mol. The standard InChI is InChI=1S/C44H55N3O4S/c1-7-32(3)40(45-29-33-20-18-19-27-39(33)50-8-2)41(48)46-30-37-28-38(31-47(37)42(49)51-43(4,5)6)52-44(34-21-12-9-13-22-34,35-23-14-10-15-24-35)36-25-16-11-17-26-36/h9-27,32,37-38,40,45H,7-8,28-31H2,1-6H3,(H,46,48)/t32-,37?,38?,40-/m0/s1. The highest BCUT2D eigenvalue weighted by Crippen LogP contribution is 2.52. The van der Waals surface area contributed by atoms with Crippen molar-refractivity contribution in [3.8, 4) is 5.75 Å². The smallest absolute Gasteiger partial charge is 0.410 e. The van der Waals surface area contributed by atoms with Gasteiger partial charge in [-0.1, -0.05) is 129 Å². The van der Waals surface area contributed by atoms with Crippen LogP contribution in [0.3, 0.4) is 0 Å². The van der Waals surface area contributed by atoms with Crippen LogP contribution >= 0.6 is 11.8 Å². The number of carbonyl (C=O) groups is 2. The van der Waals surface area contributed by atoms with Crippen molar-refractivity contribution in [3.63, 3.8) is 0 Å². The van der Waals surface area contributed by atoms with Gasteiger partial charge < -0.3 is 25.0 Å². The molecule has 2 amide bonds. The second-order valence-electron chi connectivity index (χ2n) is 14.6. The summed E-state index contributed by atoms with van der Waals surface area (Å²) in [5.41, 5.74) is 3.88. The number of benzene rings is 4. The third kappa shape index (κ3) is 9.58. The molecule has 4 aromatic carbocycles. The molecule has 0 saturated carbocycles. The van der Waals surface area contributed by atoms with Crippen LogP contribution in [0.25, 0.3) is 0 Å². The maximum Gasteiger partial charge on any atom is 0.410 e. The van der Waals surface area contributed by atoms with Crippen molar-refractivity contribution in [3.05, 3.63) is 138 Å². The molecule has 0 bridgehead atoms. The van der Waals surface area contributed by atoms with Gasteiger partial charge in [0.1, 0.15) is 11.4 Å². The summed E-state index contributed by atoms with van der Waals surface area (Å²) in [5, 5.41) is 6.82. The summed E-state index contributed by atoms with van der Waals surface area (Å²) in [7, 11) is 0. The van der Waals surface area contributed by atoms with E-state index in [1.807, 2.05) is 86.8 Å². The van der Waals surface area contributed by atoms with E-state index in [0.717, 1.165) is 17.7 Å². The minimum absolute atomic E-state index is 0.0496. The van der Waals surface area contributed by atoms with E-state index in [9.17, 15) is 9.59 Å². The lowest BCUT2D eigenvalue weighted by atomic mass is 9.84. The van der Waals surface area contributed by atoms with Gasteiger partial charge >= 0.3 is 6.09 Å². The number of hydrogen-bond acceptors (Lipinski definition) is 6. The van der Waals surface area contributed by atoms with Crippen molar-refractivity contribution in [2.24, 2.45) is 5.92 Å². The molecular formula is C44H55N3O4S. The molecule has 0 radical (unpaired) electrons. The van der Waals surface area contributed by atoms with Crippen molar-refractivity contribution in [1.29, 1.82) is 0 Å². The Morgan fingerprint density at radius 2 is 1.37 bits per heavy atom. The fourth-order valence-electron chi connectivity index (χ4n) is 6.95. The van der Waals surface area contributed by atoms with Gasteiger partial charge in [-0.3, -0.25) is 4.79 Å². The number of nitrogens with one attached hydrogen (secondary N) is 2. The normalized spacial score (nSPS) is 17.3. The largest absolute Gasteiger partial charge is 0.494 e. The molecule has 5 rings (SSSR count). The lowest BCUT2D eigenvalue weighted by Gasteiger charge is -2.37. The van der Waals surface area contributed by atoms with Gasteiger partial charge in [-0.15, -0.1) is 11.8 Å². The van der Waals surface area contributed by atoms with Crippen molar-refractivity contribution in [2.75, 3.05) is 19.7 Å². The molecule has 4 atom stereocenters. The van der Waals surface area contributed by atoms with E-state index in [4.69, 9.17) is 9.47 Å². The number of carbonyl (C=O) groups excluding carboxylic acids is 2. The average molecular weight is 722 g/mol. The lowest BCUT2D eigenvalue weighted by molar-refractivity contribution is -0.124. The molecule has 4 aromatic rings. The molecule has 2 N–H and O–H groups in total. The fraction of sp³-hybridized carbons (Fsp3) is 0.409. The molecule has 0 spiro atoms. The summed E-state index contributed by atoms with van der Waals surface area (Å²) in [4.78, 5) is 29.6. The maximum absolute atomic E-state index is 14.0. The summed E-state index contributed by atoms with van der Waals surface area (Å²) in [6, 6.07) is 39.1. The zero-order chi connectivity index (χ0) is 37.1. The third-order valence-electron chi connectivity index (χ3n) is 9.68. The molecule has 7 nitrogen and oxygen atoms in total. The molecule has 8 heteroatoms. The van der Waals surface area contributed by atoms with Gasteiger partial charge in [-0.2, -0.15) is 0 Å². The number of hydrogen-bond donors (Lipinski definition) is 2. The minimum Gasteiger partial charge on any atom is -0.494 e. The van der Waals surface area contributed by atoms with Gasteiger partial charge in [0.25, 0.3) is 0 Å². The SMILES string of the molecule is CCOc1ccccc1CN[C@H](C(=O)NCC1CC(SC(c2ccccc2)(c2ccccc2)c2ccccc2)CN1C(=O)OC(C)(C)C)[C@@H](C)CC. The Kier molecular flexibility index (Phi) is 13.5. The zero-order valence-corrected chi connectivity index (χ0v) is 32.3. The summed E-state index contributed by atoms with van der Waals surface area (Å²) < 4.78 is 11.3. The lowest BCUT2D eigenvalue weighted by Crippen LogP contribution is -2.51. The minimum atomic E-state index is -0.651. The summed E-state index contributed by atoms with van der Waals surface area (Å²) in [6.07, 6.45) is 1.18. The van der Waals surface area contributed by atoms with Crippen LogP contribution in [0, 0.1) is 5.92 Å². The van der Waals surface area contributed by atoms with Crippen LogP contribution in [-0.4, -0.2) is 59.5 Å². The van der Waals surface area contributed by atoms with Gasteiger partial charge in [-0.25, -0.2) is 4.79 Å². The number of amides is 2. The average Bonchev–Trinajstić information content (AvgIpc) is 3.56. The molecule has 1 aliphatic heterocycles. The number of likely N-dealkylation sites (tertiary alicyclic amines) is 1. The number of para-hydroxylation sites is 1. The Bertz CT molecular complexity index is 1620. The number of ether oxygens (including phenoxy) is 2. The topological polar surface area (TPSA) is 79.9 Å². The summed E-state index contributed by atoms with van der Waals surface area (Å²) in [6.45, 7) is 13.7. The first kappa shape index (κ1) is 38.9. The van der Waals surface area contributed by atoms with E-state index in [-0.39, 0.29) is 29.2 Å². The van der Waals surface area contributed by atoms with E-state index in [2.05, 4.69) is 97.3 Å². The molecule has 0 aliphatic carbocycles. The van der Waals surface area contributed by atoms with Crippen molar-refractivity contribution in [1.82, 2.24) is 15.5 Å². The highest BCUT2D eigenvalue weighted by Gasteiger charge is 2.45. The second kappa shape index (κ2) is 18.0. The van der Waals surface area contributed by atoms with Gasteiger partial charge in [0, 0.05) is 30.4 Å². The number of rotatable bonds is 15. The van der Waals surface area contributed by atoms with E-state index in [1.165, 1.54) is 16.7 Å². The van der Waals surface area contributed by atoms with Crippen molar-refractivity contribution >= 4 is 23.8 Å². The summed E-state index contributed by atoms with van der Waals surface area (Å²) >= 11 is 1.88. The van der Waals surface area contributed by atoms with Crippen LogP contribution in [0.5, 0.6) is 5.75 Å². The number of thioether (sulfide) groups is 1. The molecule has 1 fully saturated rings. The highest BCUT2D eigenvalue weighted by molar-refractivity contribution is 8.01. The Morgan fingerprint density at radius 1 is 0.827 bits per heavy atom. The van der Waals surface area contributed by atoms with Gasteiger partial charge in [-0.05, 0) is 62.8 Å². The molecule has 52 heavy (non-hydrogen) atoms. The van der Waals surface area contributed by atoms with Crippen molar-refractivity contribution in [2.45, 2.75) is 88.6 Å². The van der Waals surface area contributed by atoms with Crippen LogP contribution in [0.1, 0.15) is 76.6 Å². The molecule has 1 heterocycles. The first-order valence-corrected chi connectivity index (χ1v) is 19.5. The molecule has 1 aliphatic rings. The quantitative estimate of drug-likeness (QED) is 0.120. The Labute approximate surface area is 314 Å². The van der Waals surface area contributed by atoms with Crippen LogP contribution in [-0.2, 0) is 20.8 Å². The van der Waals surface area contributed by atoms with E-state index >= 15 is 0 Å². The third-order valence-corrected chi connectivity index (χ3v) is 11.4. The van der Waals surface area contributed by atoms with Gasteiger partial charge in [0.2, 0.25) is 5.91 Å². The zero-order valence-electron chi connectivity index (χ0n) is 31.5. The van der Waals surface area contributed by atoms with Crippen LogP contribution in [0.15, 0.2) is 115 Å². The highest BCUT2D eigenvalue weighted by atomic mass is 32.2. The molecule has 2 unspecified atom stereocenters. The first-order chi connectivity index (χ1) is 25.1. The molecule has 276 valence electrons. The first-order valence-electron chi connectivity index (χ1n) is 18.6. The molecule has 1 saturated heterocycles. The van der Waals surface area contributed by atoms with Crippen LogP contribution in [0.4, 0.5) is 4.79 Å². The fourth-order valence-corrected chi connectivity index (χ4v) is 8.82. The molecule has 0 aromatic heterocycles. The van der Waals surface area contributed by atoms with Crippen LogP contribution < -0.4 is 15.4 Å². The predicted molar refractivity (Wildman–Crippen MR) is 213 cm³/mol. The second-order valence-corrected chi connectivity index (χ2v) is 16.1. The van der Waals surface area contributed by atoms with E-state index in [0.29, 0.717) is 32.7 Å². The monoisotopic (exact) mass is 721 g/mol. The van der Waals surface area contributed by atoms with Gasteiger partial charge in [0.15, 0.2) is 0 Å². The Morgan fingerprint density at radius 3 is 1.88 bits per heavy atom. The summed E-state index contributed by atoms with van der Waals surface area (Å²) in [5.74, 6) is 0.841. The number of nitrogens with zero attached hydrogens (tertiary/aromatic N) is 1. The van der Waals surface area contributed by atoms with E-state index < -0.39 is 16.4 Å². The Hall–Kier alpha value is -4.27.